The van der Waals surface area contributed by atoms with Crippen molar-refractivity contribution in [3.63, 3.8) is 0 Å². The van der Waals surface area contributed by atoms with E-state index in [0.29, 0.717) is 0 Å². The van der Waals surface area contributed by atoms with Crippen molar-refractivity contribution >= 4 is 0 Å². The molecule has 2 saturated heterocycles. The van der Waals surface area contributed by atoms with Gasteiger partial charge in [0.25, 0.3) is 0 Å². The number of hydrogen-bond acceptors (Lipinski definition) is 2. The average Bonchev–Trinajstić information content (AvgIpc) is 3.09. The highest BCUT2D eigenvalue weighted by Crippen LogP contribution is 2.37. The minimum Gasteiger partial charge on any atom is -0.312 e. The number of nitrogens with one attached hydrogen (secondary N) is 1. The van der Waals surface area contributed by atoms with E-state index in [9.17, 15) is 0 Å². The molecular formula is C16H30N2. The molecule has 3 fully saturated rings. The Bertz CT molecular complexity index is 260. The summed E-state index contributed by atoms with van der Waals surface area (Å²) in [6.07, 6.45) is 13.0. The quantitative estimate of drug-likeness (QED) is 0.827. The molecule has 1 saturated carbocycles. The highest BCUT2D eigenvalue weighted by Gasteiger charge is 2.39. The lowest BCUT2D eigenvalue weighted by Crippen LogP contribution is -2.54. The fraction of sp³-hybridized carbons (Fsp3) is 1.00. The maximum absolute atomic E-state index is 3.77. The van der Waals surface area contributed by atoms with E-state index in [1.165, 1.54) is 70.9 Å². The van der Waals surface area contributed by atoms with Crippen LogP contribution in [0.2, 0.25) is 0 Å². The highest BCUT2D eigenvalue weighted by atomic mass is 15.2. The second-order valence-electron chi connectivity index (χ2n) is 6.67. The topological polar surface area (TPSA) is 15.3 Å². The van der Waals surface area contributed by atoms with Crippen molar-refractivity contribution < 1.29 is 0 Å². The van der Waals surface area contributed by atoms with Gasteiger partial charge < -0.3 is 5.32 Å². The zero-order valence-electron chi connectivity index (χ0n) is 12.0. The Morgan fingerprint density at radius 1 is 0.944 bits per heavy atom. The van der Waals surface area contributed by atoms with Crippen LogP contribution in [-0.4, -0.2) is 36.1 Å². The number of hydrogen-bond donors (Lipinski definition) is 1. The number of likely N-dealkylation sites (tertiary alicyclic amines) is 1. The van der Waals surface area contributed by atoms with Gasteiger partial charge in [0, 0.05) is 18.1 Å². The summed E-state index contributed by atoms with van der Waals surface area (Å²) in [4.78, 5) is 2.94. The van der Waals surface area contributed by atoms with E-state index in [1.807, 2.05) is 0 Å². The van der Waals surface area contributed by atoms with Crippen molar-refractivity contribution in [3.8, 4) is 0 Å². The maximum Gasteiger partial charge on any atom is 0.0252 e. The van der Waals surface area contributed by atoms with E-state index in [2.05, 4.69) is 17.1 Å². The monoisotopic (exact) mass is 250 g/mol. The highest BCUT2D eigenvalue weighted by molar-refractivity contribution is 4.96. The van der Waals surface area contributed by atoms with Crippen molar-refractivity contribution in [2.45, 2.75) is 82.8 Å². The van der Waals surface area contributed by atoms with E-state index in [-0.39, 0.29) is 0 Å². The van der Waals surface area contributed by atoms with Crippen molar-refractivity contribution in [1.82, 2.24) is 10.2 Å². The summed E-state index contributed by atoms with van der Waals surface area (Å²) < 4.78 is 0. The van der Waals surface area contributed by atoms with E-state index in [0.717, 1.165) is 24.0 Å². The fourth-order valence-electron chi connectivity index (χ4n) is 4.79. The lowest BCUT2D eigenvalue weighted by atomic mass is 9.89. The first-order chi connectivity index (χ1) is 8.90. The van der Waals surface area contributed by atoms with Gasteiger partial charge in [0.05, 0.1) is 0 Å². The van der Waals surface area contributed by atoms with Crippen molar-refractivity contribution in [3.05, 3.63) is 0 Å². The molecule has 18 heavy (non-hydrogen) atoms. The largest absolute Gasteiger partial charge is 0.312 e. The molecule has 0 spiro atoms. The third-order valence-electron chi connectivity index (χ3n) is 5.72. The molecule has 3 aliphatic rings. The van der Waals surface area contributed by atoms with Crippen LogP contribution in [0, 0.1) is 5.92 Å². The summed E-state index contributed by atoms with van der Waals surface area (Å²) in [7, 11) is 0. The Morgan fingerprint density at radius 3 is 2.61 bits per heavy atom. The molecule has 0 aromatic rings. The predicted molar refractivity (Wildman–Crippen MR) is 76.8 cm³/mol. The SMILES string of the molecule is CCC1CCCC1N1CCCCC1C1CCCN1. The second kappa shape index (κ2) is 5.92. The fourth-order valence-corrected chi connectivity index (χ4v) is 4.79. The molecule has 104 valence electrons. The second-order valence-corrected chi connectivity index (χ2v) is 6.67. The predicted octanol–water partition coefficient (Wildman–Crippen LogP) is 3.17. The van der Waals surface area contributed by atoms with Crippen LogP contribution in [0.15, 0.2) is 0 Å². The molecule has 2 heterocycles. The van der Waals surface area contributed by atoms with Crippen LogP contribution in [0.1, 0.15) is 64.7 Å². The van der Waals surface area contributed by atoms with Gasteiger partial charge >= 0.3 is 0 Å². The molecule has 3 rings (SSSR count). The van der Waals surface area contributed by atoms with E-state index in [1.54, 1.807) is 0 Å². The Morgan fingerprint density at radius 2 is 1.83 bits per heavy atom. The number of rotatable bonds is 3. The maximum atomic E-state index is 3.77. The summed E-state index contributed by atoms with van der Waals surface area (Å²) in [6, 6.07) is 2.59. The summed E-state index contributed by atoms with van der Waals surface area (Å²) in [6.45, 7) is 5.04. The summed E-state index contributed by atoms with van der Waals surface area (Å²) in [5.74, 6) is 0.993. The first-order valence-electron chi connectivity index (χ1n) is 8.39. The number of piperidine rings is 1. The lowest BCUT2D eigenvalue weighted by Gasteiger charge is -2.44. The normalized spacial score (nSPS) is 42.5. The zero-order chi connectivity index (χ0) is 12.4. The van der Waals surface area contributed by atoms with Crippen molar-refractivity contribution in [2.24, 2.45) is 5.92 Å². The standard InChI is InChI=1S/C16H30N2/c1-2-13-7-5-10-15(13)18-12-4-3-9-16(18)14-8-6-11-17-14/h13-17H,2-12H2,1H3. The first-order valence-corrected chi connectivity index (χ1v) is 8.39. The smallest absolute Gasteiger partial charge is 0.0252 e. The summed E-state index contributed by atoms with van der Waals surface area (Å²) >= 11 is 0. The minimum atomic E-state index is 0.809. The Kier molecular flexibility index (Phi) is 4.25. The van der Waals surface area contributed by atoms with Gasteiger partial charge in [-0.3, -0.25) is 4.90 Å². The molecule has 0 amide bonds. The number of nitrogens with zero attached hydrogens (tertiary/aromatic N) is 1. The Balaban J connectivity index is 1.70. The Hall–Kier alpha value is -0.0800. The van der Waals surface area contributed by atoms with Crippen LogP contribution in [0.3, 0.4) is 0 Å². The molecular weight excluding hydrogens is 220 g/mol. The molecule has 0 bridgehead atoms. The van der Waals surface area contributed by atoms with E-state index >= 15 is 0 Å². The Labute approximate surface area is 113 Å². The van der Waals surface area contributed by atoms with Crippen LogP contribution < -0.4 is 5.32 Å². The van der Waals surface area contributed by atoms with Gasteiger partial charge in [-0.2, -0.15) is 0 Å². The molecule has 0 aromatic carbocycles. The lowest BCUT2D eigenvalue weighted by molar-refractivity contribution is 0.0538. The summed E-state index contributed by atoms with van der Waals surface area (Å²) in [5.41, 5.74) is 0. The van der Waals surface area contributed by atoms with E-state index in [4.69, 9.17) is 0 Å². The molecule has 2 nitrogen and oxygen atoms in total. The molecule has 4 unspecified atom stereocenters. The van der Waals surface area contributed by atoms with Gasteiger partial charge in [-0.05, 0) is 57.5 Å². The minimum absolute atomic E-state index is 0.809. The third kappa shape index (κ3) is 2.46. The van der Waals surface area contributed by atoms with Crippen LogP contribution in [0.4, 0.5) is 0 Å². The first kappa shape index (κ1) is 12.9. The molecule has 1 aliphatic carbocycles. The van der Waals surface area contributed by atoms with Gasteiger partial charge in [0.2, 0.25) is 0 Å². The molecule has 2 heteroatoms. The van der Waals surface area contributed by atoms with Gasteiger partial charge in [-0.1, -0.05) is 26.2 Å². The van der Waals surface area contributed by atoms with Crippen LogP contribution in [0.25, 0.3) is 0 Å². The van der Waals surface area contributed by atoms with Gasteiger partial charge in [-0.25, -0.2) is 0 Å². The van der Waals surface area contributed by atoms with Crippen LogP contribution in [-0.2, 0) is 0 Å². The molecule has 4 atom stereocenters. The van der Waals surface area contributed by atoms with Gasteiger partial charge in [0.1, 0.15) is 0 Å². The zero-order valence-corrected chi connectivity index (χ0v) is 12.0. The third-order valence-corrected chi connectivity index (χ3v) is 5.72. The molecule has 2 aliphatic heterocycles. The molecule has 0 aromatic heterocycles. The van der Waals surface area contributed by atoms with Gasteiger partial charge in [0.15, 0.2) is 0 Å². The van der Waals surface area contributed by atoms with E-state index < -0.39 is 0 Å². The van der Waals surface area contributed by atoms with Crippen LogP contribution in [0.5, 0.6) is 0 Å². The van der Waals surface area contributed by atoms with Gasteiger partial charge in [-0.15, -0.1) is 0 Å². The van der Waals surface area contributed by atoms with Crippen molar-refractivity contribution in [2.75, 3.05) is 13.1 Å². The average molecular weight is 250 g/mol. The molecule has 1 N–H and O–H groups in total. The van der Waals surface area contributed by atoms with Crippen molar-refractivity contribution in [1.29, 1.82) is 0 Å². The van der Waals surface area contributed by atoms with Crippen LogP contribution >= 0.6 is 0 Å². The summed E-state index contributed by atoms with van der Waals surface area (Å²) in [5, 5.41) is 3.77. The molecule has 0 radical (unpaired) electrons.